The van der Waals surface area contributed by atoms with Crippen LogP contribution in [0.1, 0.15) is 35.8 Å². The van der Waals surface area contributed by atoms with Crippen LogP contribution in [0.5, 0.6) is 5.75 Å². The lowest BCUT2D eigenvalue weighted by Gasteiger charge is -2.16. The monoisotopic (exact) mass is 331 g/mol. The molecule has 0 saturated heterocycles. The summed E-state index contributed by atoms with van der Waals surface area (Å²) in [6.45, 7) is 3.21. The Morgan fingerprint density at radius 1 is 1.17 bits per heavy atom. The maximum absolute atomic E-state index is 12.0. The molecule has 0 aliphatic carbocycles. The molecule has 0 bridgehead atoms. The summed E-state index contributed by atoms with van der Waals surface area (Å²) in [4.78, 5) is 23.3. The second kappa shape index (κ2) is 7.79. The zero-order valence-electron chi connectivity index (χ0n) is 13.0. The molecular weight excluding hydrogens is 314 g/mol. The number of benzene rings is 2. The standard InChI is InChI=1S/C18H18ClNO3/c1-12(16-8-3-4-9-17(16)19)20-18(22)11-23-15-7-5-6-14(10-15)13(2)21/h3-10,12H,11H2,1-2H3,(H,20,22). The average molecular weight is 332 g/mol. The van der Waals surface area contributed by atoms with Crippen molar-refractivity contribution in [3.63, 3.8) is 0 Å². The number of carbonyl (C=O) groups is 2. The molecule has 4 nitrogen and oxygen atoms in total. The Bertz CT molecular complexity index is 715. The highest BCUT2D eigenvalue weighted by atomic mass is 35.5. The summed E-state index contributed by atoms with van der Waals surface area (Å²) in [6, 6.07) is 13.9. The van der Waals surface area contributed by atoms with Crippen molar-refractivity contribution in [3.8, 4) is 5.75 Å². The molecule has 2 aromatic carbocycles. The van der Waals surface area contributed by atoms with E-state index in [1.165, 1.54) is 6.92 Å². The lowest BCUT2D eigenvalue weighted by molar-refractivity contribution is -0.123. The van der Waals surface area contributed by atoms with Gasteiger partial charge in [0.15, 0.2) is 12.4 Å². The summed E-state index contributed by atoms with van der Waals surface area (Å²) in [5.74, 6) is 0.177. The molecule has 1 N–H and O–H groups in total. The Kier molecular flexibility index (Phi) is 5.77. The number of carbonyl (C=O) groups excluding carboxylic acids is 2. The third kappa shape index (κ3) is 4.83. The highest BCUT2D eigenvalue weighted by molar-refractivity contribution is 6.31. The second-order valence-corrected chi connectivity index (χ2v) is 5.59. The predicted octanol–water partition coefficient (Wildman–Crippen LogP) is 3.80. The number of halogens is 1. The average Bonchev–Trinajstić information content (AvgIpc) is 2.53. The van der Waals surface area contributed by atoms with Crippen molar-refractivity contribution in [2.45, 2.75) is 19.9 Å². The van der Waals surface area contributed by atoms with Crippen LogP contribution in [0.15, 0.2) is 48.5 Å². The van der Waals surface area contributed by atoms with Crippen LogP contribution in [0.2, 0.25) is 5.02 Å². The van der Waals surface area contributed by atoms with E-state index < -0.39 is 0 Å². The van der Waals surface area contributed by atoms with Crippen LogP contribution in [0.4, 0.5) is 0 Å². The number of ketones is 1. The van der Waals surface area contributed by atoms with Gasteiger partial charge >= 0.3 is 0 Å². The number of ether oxygens (including phenoxy) is 1. The van der Waals surface area contributed by atoms with Crippen LogP contribution in [-0.4, -0.2) is 18.3 Å². The largest absolute Gasteiger partial charge is 0.484 e. The van der Waals surface area contributed by atoms with Crippen molar-refractivity contribution >= 4 is 23.3 Å². The van der Waals surface area contributed by atoms with Crippen LogP contribution in [-0.2, 0) is 4.79 Å². The van der Waals surface area contributed by atoms with Gasteiger partial charge in [-0.15, -0.1) is 0 Å². The number of nitrogens with one attached hydrogen (secondary N) is 1. The first-order valence-electron chi connectivity index (χ1n) is 7.25. The number of rotatable bonds is 6. The number of Topliss-reactive ketones (excluding diaryl/α,β-unsaturated/α-hetero) is 1. The highest BCUT2D eigenvalue weighted by Crippen LogP contribution is 2.22. The lowest BCUT2D eigenvalue weighted by Crippen LogP contribution is -2.31. The minimum atomic E-state index is -0.259. The lowest BCUT2D eigenvalue weighted by atomic mass is 10.1. The Balaban J connectivity index is 1.91. The molecule has 0 heterocycles. The van der Waals surface area contributed by atoms with E-state index in [2.05, 4.69) is 5.32 Å². The number of hydrogen-bond acceptors (Lipinski definition) is 3. The molecule has 0 radical (unpaired) electrons. The molecule has 23 heavy (non-hydrogen) atoms. The smallest absolute Gasteiger partial charge is 0.258 e. The van der Waals surface area contributed by atoms with E-state index in [1.807, 2.05) is 25.1 Å². The van der Waals surface area contributed by atoms with E-state index in [0.717, 1.165) is 5.56 Å². The fourth-order valence-corrected chi connectivity index (χ4v) is 2.44. The van der Waals surface area contributed by atoms with Gasteiger partial charge in [0.25, 0.3) is 5.91 Å². The molecule has 2 rings (SSSR count). The van der Waals surface area contributed by atoms with Crippen molar-refractivity contribution in [2.75, 3.05) is 6.61 Å². The first-order chi connectivity index (χ1) is 11.0. The van der Waals surface area contributed by atoms with E-state index in [1.54, 1.807) is 30.3 Å². The molecule has 5 heteroatoms. The number of hydrogen-bond donors (Lipinski definition) is 1. The molecule has 0 aliphatic heterocycles. The molecule has 0 saturated carbocycles. The molecular formula is C18H18ClNO3. The molecule has 1 atom stereocenters. The Morgan fingerprint density at radius 2 is 1.91 bits per heavy atom. The van der Waals surface area contributed by atoms with Gasteiger partial charge in [-0.25, -0.2) is 0 Å². The van der Waals surface area contributed by atoms with Crippen molar-refractivity contribution in [1.29, 1.82) is 0 Å². The van der Waals surface area contributed by atoms with E-state index in [9.17, 15) is 9.59 Å². The SMILES string of the molecule is CC(=O)c1cccc(OCC(=O)NC(C)c2ccccc2Cl)c1. The van der Waals surface area contributed by atoms with E-state index in [0.29, 0.717) is 16.3 Å². The summed E-state index contributed by atoms with van der Waals surface area (Å²) >= 11 is 6.11. The van der Waals surface area contributed by atoms with Gasteiger partial charge in [-0.05, 0) is 37.6 Å². The zero-order valence-corrected chi connectivity index (χ0v) is 13.8. The molecule has 0 aromatic heterocycles. The first-order valence-corrected chi connectivity index (χ1v) is 7.62. The van der Waals surface area contributed by atoms with Gasteiger partial charge in [0.2, 0.25) is 0 Å². The molecule has 0 fully saturated rings. The molecule has 0 aliphatic rings. The van der Waals surface area contributed by atoms with Gasteiger partial charge in [0, 0.05) is 10.6 Å². The van der Waals surface area contributed by atoms with Crippen LogP contribution in [0, 0.1) is 0 Å². The summed E-state index contributed by atoms with van der Waals surface area (Å²) in [7, 11) is 0. The summed E-state index contributed by atoms with van der Waals surface area (Å²) < 4.78 is 5.43. The molecule has 120 valence electrons. The van der Waals surface area contributed by atoms with E-state index >= 15 is 0 Å². The summed E-state index contributed by atoms with van der Waals surface area (Å²) in [6.07, 6.45) is 0. The Morgan fingerprint density at radius 3 is 2.61 bits per heavy atom. The van der Waals surface area contributed by atoms with Crippen LogP contribution in [0.3, 0.4) is 0 Å². The zero-order chi connectivity index (χ0) is 16.8. The van der Waals surface area contributed by atoms with Gasteiger partial charge in [0.05, 0.1) is 6.04 Å². The van der Waals surface area contributed by atoms with Gasteiger partial charge in [-0.2, -0.15) is 0 Å². The minimum Gasteiger partial charge on any atom is -0.484 e. The molecule has 2 aromatic rings. The maximum atomic E-state index is 12.0. The van der Waals surface area contributed by atoms with Crippen molar-refractivity contribution < 1.29 is 14.3 Å². The Labute approximate surface area is 140 Å². The predicted molar refractivity (Wildman–Crippen MR) is 90.0 cm³/mol. The van der Waals surface area contributed by atoms with Gasteiger partial charge in [0.1, 0.15) is 5.75 Å². The highest BCUT2D eigenvalue weighted by Gasteiger charge is 2.12. The fourth-order valence-electron chi connectivity index (χ4n) is 2.14. The minimum absolute atomic E-state index is 0.0488. The third-order valence-electron chi connectivity index (χ3n) is 3.36. The van der Waals surface area contributed by atoms with Gasteiger partial charge in [-0.3, -0.25) is 9.59 Å². The normalized spacial score (nSPS) is 11.6. The molecule has 1 unspecified atom stereocenters. The van der Waals surface area contributed by atoms with Gasteiger partial charge in [-0.1, -0.05) is 41.9 Å². The second-order valence-electron chi connectivity index (χ2n) is 5.18. The van der Waals surface area contributed by atoms with Crippen molar-refractivity contribution in [2.24, 2.45) is 0 Å². The van der Waals surface area contributed by atoms with Crippen LogP contribution in [0.25, 0.3) is 0 Å². The fraction of sp³-hybridized carbons (Fsp3) is 0.222. The summed E-state index contributed by atoms with van der Waals surface area (Å²) in [5, 5.41) is 3.44. The van der Waals surface area contributed by atoms with Crippen molar-refractivity contribution in [3.05, 3.63) is 64.7 Å². The van der Waals surface area contributed by atoms with E-state index in [4.69, 9.17) is 16.3 Å². The topological polar surface area (TPSA) is 55.4 Å². The maximum Gasteiger partial charge on any atom is 0.258 e. The van der Waals surface area contributed by atoms with Crippen LogP contribution < -0.4 is 10.1 Å². The number of amides is 1. The Hall–Kier alpha value is -2.33. The quantitative estimate of drug-likeness (QED) is 0.819. The van der Waals surface area contributed by atoms with Gasteiger partial charge < -0.3 is 10.1 Å². The molecule has 0 spiro atoms. The first kappa shape index (κ1) is 17.0. The summed E-state index contributed by atoms with van der Waals surface area (Å²) in [5.41, 5.74) is 1.40. The van der Waals surface area contributed by atoms with Crippen LogP contribution >= 0.6 is 11.6 Å². The molecule has 1 amide bonds. The van der Waals surface area contributed by atoms with Crippen molar-refractivity contribution in [1.82, 2.24) is 5.32 Å². The third-order valence-corrected chi connectivity index (χ3v) is 3.70. The van der Waals surface area contributed by atoms with E-state index in [-0.39, 0.29) is 24.3 Å².